The first-order chi connectivity index (χ1) is 9.56. The van der Waals surface area contributed by atoms with Crippen LogP contribution in [0.3, 0.4) is 0 Å². The van der Waals surface area contributed by atoms with Gasteiger partial charge in [0.1, 0.15) is 5.82 Å². The molecule has 0 bridgehead atoms. The van der Waals surface area contributed by atoms with Gasteiger partial charge >= 0.3 is 12.0 Å². The van der Waals surface area contributed by atoms with Crippen molar-refractivity contribution in [2.24, 2.45) is 0 Å². The van der Waals surface area contributed by atoms with Gasteiger partial charge in [0, 0.05) is 6.04 Å². The van der Waals surface area contributed by atoms with Gasteiger partial charge in [-0.25, -0.2) is 14.0 Å². The number of benzene rings is 1. The van der Waals surface area contributed by atoms with E-state index in [1.54, 1.807) is 0 Å². The van der Waals surface area contributed by atoms with Crippen molar-refractivity contribution >= 4 is 17.7 Å². The Bertz CT molecular complexity index is 557. The molecular weight excluding hydrogens is 263 g/mol. The Morgan fingerprint density at radius 1 is 1.30 bits per heavy atom. The van der Waals surface area contributed by atoms with Gasteiger partial charge in [0.15, 0.2) is 0 Å². The fourth-order valence-electron chi connectivity index (χ4n) is 2.02. The highest BCUT2D eigenvalue weighted by molar-refractivity contribution is 5.93. The van der Waals surface area contributed by atoms with Gasteiger partial charge < -0.3 is 15.7 Å². The molecule has 0 radical (unpaired) electrons. The van der Waals surface area contributed by atoms with E-state index >= 15 is 0 Å². The lowest BCUT2D eigenvalue weighted by atomic mass is 10.0. The normalized spacial score (nSPS) is 17.6. The fraction of sp³-hybridized carbons (Fsp3) is 0.286. The summed E-state index contributed by atoms with van der Waals surface area (Å²) in [5.74, 6) is -1.85. The van der Waals surface area contributed by atoms with E-state index in [9.17, 15) is 14.0 Å². The third kappa shape index (κ3) is 3.57. The Labute approximate surface area is 115 Å². The summed E-state index contributed by atoms with van der Waals surface area (Å²) in [5.41, 5.74) is -0.226. The molecule has 1 unspecified atom stereocenters. The summed E-state index contributed by atoms with van der Waals surface area (Å²) in [7, 11) is 0. The summed E-state index contributed by atoms with van der Waals surface area (Å²) in [6.07, 6.45) is 6.51. The van der Waals surface area contributed by atoms with Crippen molar-refractivity contribution in [2.75, 3.05) is 5.32 Å². The molecule has 1 atom stereocenters. The van der Waals surface area contributed by atoms with Crippen molar-refractivity contribution in [3.63, 3.8) is 0 Å². The highest BCUT2D eigenvalue weighted by Crippen LogP contribution is 2.17. The van der Waals surface area contributed by atoms with Gasteiger partial charge in [-0.15, -0.1) is 0 Å². The van der Waals surface area contributed by atoms with Gasteiger partial charge in [-0.3, -0.25) is 0 Å². The van der Waals surface area contributed by atoms with Gasteiger partial charge in [0.05, 0.1) is 11.3 Å². The van der Waals surface area contributed by atoms with Crippen LogP contribution in [-0.4, -0.2) is 23.1 Å². The molecule has 1 aromatic rings. The average Bonchev–Trinajstić information content (AvgIpc) is 2.42. The number of hydrogen-bond donors (Lipinski definition) is 3. The number of halogens is 1. The molecule has 1 aliphatic rings. The molecule has 0 fully saturated rings. The predicted molar refractivity (Wildman–Crippen MR) is 72.3 cm³/mol. The second kappa shape index (κ2) is 6.18. The number of carboxylic acids is 1. The number of amides is 2. The third-order valence-electron chi connectivity index (χ3n) is 3.07. The largest absolute Gasteiger partial charge is 0.478 e. The van der Waals surface area contributed by atoms with Crippen LogP contribution in [0.2, 0.25) is 0 Å². The van der Waals surface area contributed by atoms with Crippen molar-refractivity contribution in [2.45, 2.75) is 25.3 Å². The van der Waals surface area contributed by atoms with Crippen molar-refractivity contribution < 1.29 is 19.1 Å². The van der Waals surface area contributed by atoms with Gasteiger partial charge in [-0.05, 0) is 37.5 Å². The van der Waals surface area contributed by atoms with E-state index in [1.165, 1.54) is 0 Å². The number of anilines is 1. The Balaban J connectivity index is 2.01. The summed E-state index contributed by atoms with van der Waals surface area (Å²) in [4.78, 5) is 22.6. The van der Waals surface area contributed by atoms with Crippen molar-refractivity contribution in [3.8, 4) is 0 Å². The minimum absolute atomic E-state index is 0.0192. The van der Waals surface area contributed by atoms with E-state index in [0.29, 0.717) is 0 Å². The van der Waals surface area contributed by atoms with Crippen LogP contribution in [0.1, 0.15) is 29.6 Å². The lowest BCUT2D eigenvalue weighted by Gasteiger charge is -2.19. The van der Waals surface area contributed by atoms with Crippen LogP contribution in [0.5, 0.6) is 0 Å². The zero-order valence-electron chi connectivity index (χ0n) is 10.7. The Kier molecular flexibility index (Phi) is 4.34. The van der Waals surface area contributed by atoms with E-state index in [0.717, 1.165) is 37.5 Å². The van der Waals surface area contributed by atoms with E-state index in [4.69, 9.17) is 5.11 Å². The highest BCUT2D eigenvalue weighted by Gasteiger charge is 2.15. The van der Waals surface area contributed by atoms with Crippen LogP contribution in [-0.2, 0) is 0 Å². The number of urea groups is 1. The molecule has 0 heterocycles. The van der Waals surface area contributed by atoms with Crippen molar-refractivity contribution in [1.29, 1.82) is 0 Å². The minimum Gasteiger partial charge on any atom is -0.478 e. The first kappa shape index (κ1) is 14.0. The third-order valence-corrected chi connectivity index (χ3v) is 3.07. The zero-order chi connectivity index (χ0) is 14.5. The smallest absolute Gasteiger partial charge is 0.335 e. The summed E-state index contributed by atoms with van der Waals surface area (Å²) >= 11 is 0. The van der Waals surface area contributed by atoms with Gasteiger partial charge in [-0.1, -0.05) is 12.2 Å². The molecule has 20 heavy (non-hydrogen) atoms. The minimum atomic E-state index is -1.18. The lowest BCUT2D eigenvalue weighted by molar-refractivity contribution is 0.0697. The van der Waals surface area contributed by atoms with Crippen LogP contribution in [0.4, 0.5) is 14.9 Å². The second-order valence-corrected chi connectivity index (χ2v) is 4.58. The Hall–Kier alpha value is -2.37. The molecule has 3 N–H and O–H groups in total. The summed E-state index contributed by atoms with van der Waals surface area (Å²) < 4.78 is 13.5. The second-order valence-electron chi connectivity index (χ2n) is 4.58. The molecule has 0 aromatic heterocycles. The van der Waals surface area contributed by atoms with Crippen LogP contribution < -0.4 is 10.6 Å². The topological polar surface area (TPSA) is 78.4 Å². The molecule has 5 nitrogen and oxygen atoms in total. The monoisotopic (exact) mass is 278 g/mol. The lowest BCUT2D eigenvalue weighted by Crippen LogP contribution is -2.38. The number of nitrogens with one attached hydrogen (secondary N) is 2. The average molecular weight is 278 g/mol. The molecule has 2 amide bonds. The number of carbonyl (C=O) groups excluding carboxylic acids is 1. The SMILES string of the molecule is O=C(Nc1cc(C(=O)O)ccc1F)NC1CC=CCC1. The molecule has 2 rings (SSSR count). The number of carbonyl (C=O) groups is 2. The molecule has 0 spiro atoms. The maximum Gasteiger partial charge on any atom is 0.335 e. The highest BCUT2D eigenvalue weighted by atomic mass is 19.1. The maximum atomic E-state index is 13.5. The summed E-state index contributed by atoms with van der Waals surface area (Å²) in [5, 5.41) is 13.9. The van der Waals surface area contributed by atoms with Gasteiger partial charge in [0.25, 0.3) is 0 Å². The van der Waals surface area contributed by atoms with E-state index in [2.05, 4.69) is 10.6 Å². The molecule has 106 valence electrons. The quantitative estimate of drug-likeness (QED) is 0.744. The molecule has 0 aliphatic heterocycles. The summed E-state index contributed by atoms with van der Waals surface area (Å²) in [6.45, 7) is 0. The van der Waals surface area contributed by atoms with E-state index in [1.807, 2.05) is 12.2 Å². The molecule has 1 aliphatic carbocycles. The van der Waals surface area contributed by atoms with Crippen LogP contribution in [0, 0.1) is 5.82 Å². The molecule has 0 saturated heterocycles. The predicted octanol–water partition coefficient (Wildman–Crippen LogP) is 2.75. The number of carboxylic acid groups (broad SMARTS) is 1. The van der Waals surface area contributed by atoms with Crippen molar-refractivity contribution in [3.05, 3.63) is 41.7 Å². The molecule has 6 heteroatoms. The molecule has 1 aromatic carbocycles. The molecule has 0 saturated carbocycles. The van der Waals surface area contributed by atoms with Crippen LogP contribution in [0.15, 0.2) is 30.4 Å². The number of hydrogen-bond acceptors (Lipinski definition) is 2. The van der Waals surface area contributed by atoms with Gasteiger partial charge in [0.2, 0.25) is 0 Å². The van der Waals surface area contributed by atoms with Crippen molar-refractivity contribution in [1.82, 2.24) is 5.32 Å². The van der Waals surface area contributed by atoms with E-state index < -0.39 is 17.8 Å². The standard InChI is InChI=1S/C14H15FN2O3/c15-11-7-6-9(13(18)19)8-12(11)17-14(20)16-10-4-2-1-3-5-10/h1-2,6-8,10H,3-5H2,(H,18,19)(H2,16,17,20). The molecular formula is C14H15FN2O3. The maximum absolute atomic E-state index is 13.5. The van der Waals surface area contributed by atoms with Gasteiger partial charge in [-0.2, -0.15) is 0 Å². The zero-order valence-corrected chi connectivity index (χ0v) is 10.7. The Morgan fingerprint density at radius 3 is 2.75 bits per heavy atom. The first-order valence-electron chi connectivity index (χ1n) is 6.31. The van der Waals surface area contributed by atoms with E-state index in [-0.39, 0.29) is 17.3 Å². The van der Waals surface area contributed by atoms with Crippen LogP contribution in [0.25, 0.3) is 0 Å². The number of aromatic carboxylic acids is 1. The Morgan fingerprint density at radius 2 is 2.10 bits per heavy atom. The number of allylic oxidation sites excluding steroid dienone is 1. The number of rotatable bonds is 3. The van der Waals surface area contributed by atoms with Crippen LogP contribution >= 0.6 is 0 Å². The summed E-state index contributed by atoms with van der Waals surface area (Å²) in [6, 6.07) is 2.74. The fourth-order valence-corrected chi connectivity index (χ4v) is 2.02. The first-order valence-corrected chi connectivity index (χ1v) is 6.31.